The van der Waals surface area contributed by atoms with E-state index in [1.54, 1.807) is 0 Å². The maximum absolute atomic E-state index is 6.04. The number of unbranched alkanes of at least 4 members (excludes halogenated alkanes) is 14. The van der Waals surface area contributed by atoms with Gasteiger partial charge in [0.25, 0.3) is 0 Å². The SMILES string of the molecule is CCCCCCCCCC(c1ccc(N)cc1)c1ccc(CCCCCc2ccc(C(CCCCCCCCC)c3ccc(N)cc3)cc2)cc1. The van der Waals surface area contributed by atoms with Crippen molar-refractivity contribution in [2.24, 2.45) is 0 Å². The van der Waals surface area contributed by atoms with Gasteiger partial charge in [-0.15, -0.1) is 0 Å². The predicted molar refractivity (Wildman–Crippen MR) is 225 cm³/mol. The number of hydrogen-bond donors (Lipinski definition) is 2. The molecule has 4 aromatic rings. The number of rotatable bonds is 26. The lowest BCUT2D eigenvalue weighted by atomic mass is 9.86. The molecular weight excluding hydrogens is 617 g/mol. The molecule has 0 spiro atoms. The zero-order chi connectivity index (χ0) is 35.9. The molecule has 0 aliphatic heterocycles. The highest BCUT2D eigenvalue weighted by Crippen LogP contribution is 2.33. The van der Waals surface area contributed by atoms with Gasteiger partial charge >= 0.3 is 0 Å². The number of nitrogens with two attached hydrogens (primary N) is 2. The van der Waals surface area contributed by atoms with Crippen LogP contribution in [-0.2, 0) is 12.8 Å². The van der Waals surface area contributed by atoms with E-state index in [2.05, 4.69) is 111 Å². The minimum Gasteiger partial charge on any atom is -0.399 e. The number of benzene rings is 4. The first-order valence-corrected chi connectivity index (χ1v) is 21.0. The lowest BCUT2D eigenvalue weighted by molar-refractivity contribution is 0.558. The molecule has 0 amide bonds. The first kappa shape index (κ1) is 40.3. The van der Waals surface area contributed by atoms with E-state index in [1.807, 2.05) is 0 Å². The fraction of sp³-hybridized carbons (Fsp3) is 0.510. The van der Waals surface area contributed by atoms with Gasteiger partial charge in [-0.2, -0.15) is 0 Å². The second-order valence-corrected chi connectivity index (χ2v) is 15.3. The maximum Gasteiger partial charge on any atom is 0.0314 e. The second kappa shape index (κ2) is 23.9. The first-order valence-electron chi connectivity index (χ1n) is 21.0. The molecule has 0 aliphatic carbocycles. The third-order valence-electron chi connectivity index (χ3n) is 11.1. The average molecular weight is 687 g/mol. The minimum atomic E-state index is 0.448. The topological polar surface area (TPSA) is 52.0 Å². The van der Waals surface area contributed by atoms with Gasteiger partial charge in [0, 0.05) is 23.2 Å². The lowest BCUT2D eigenvalue weighted by Crippen LogP contribution is -2.03. The molecule has 2 atom stereocenters. The van der Waals surface area contributed by atoms with Crippen LogP contribution in [0.25, 0.3) is 0 Å². The van der Waals surface area contributed by atoms with E-state index in [1.165, 1.54) is 155 Å². The Morgan fingerprint density at radius 2 is 0.608 bits per heavy atom. The second-order valence-electron chi connectivity index (χ2n) is 15.3. The van der Waals surface area contributed by atoms with Gasteiger partial charge in [0.1, 0.15) is 0 Å². The van der Waals surface area contributed by atoms with Crippen LogP contribution in [0.4, 0.5) is 11.4 Å². The molecule has 0 saturated carbocycles. The highest BCUT2D eigenvalue weighted by Gasteiger charge is 2.16. The Balaban J connectivity index is 1.22. The summed E-state index contributed by atoms with van der Waals surface area (Å²) in [6.45, 7) is 4.58. The van der Waals surface area contributed by atoms with Gasteiger partial charge in [-0.1, -0.05) is 183 Å². The Hall–Kier alpha value is -3.52. The summed E-state index contributed by atoms with van der Waals surface area (Å²) in [6.07, 6.45) is 27.4. The van der Waals surface area contributed by atoms with Gasteiger partial charge in [0.15, 0.2) is 0 Å². The first-order chi connectivity index (χ1) is 25.1. The van der Waals surface area contributed by atoms with Gasteiger partial charge < -0.3 is 11.5 Å². The van der Waals surface area contributed by atoms with Crippen molar-refractivity contribution < 1.29 is 0 Å². The summed E-state index contributed by atoms with van der Waals surface area (Å²) >= 11 is 0. The smallest absolute Gasteiger partial charge is 0.0314 e. The summed E-state index contributed by atoms with van der Waals surface area (Å²) < 4.78 is 0. The van der Waals surface area contributed by atoms with Crippen molar-refractivity contribution in [2.45, 2.75) is 161 Å². The molecule has 2 unspecified atom stereocenters. The zero-order valence-corrected chi connectivity index (χ0v) is 32.4. The Bertz CT molecular complexity index is 1320. The molecule has 0 aromatic heterocycles. The van der Waals surface area contributed by atoms with Crippen LogP contribution in [0.1, 0.15) is 181 Å². The predicted octanol–water partition coefficient (Wildman–Crippen LogP) is 14.4. The lowest BCUT2D eigenvalue weighted by Gasteiger charge is -2.19. The van der Waals surface area contributed by atoms with E-state index in [0.717, 1.165) is 24.2 Å². The molecule has 0 aliphatic rings. The Kier molecular flexibility index (Phi) is 18.8. The molecule has 0 saturated heterocycles. The van der Waals surface area contributed by atoms with Crippen molar-refractivity contribution in [3.8, 4) is 0 Å². The Labute approximate surface area is 312 Å². The largest absolute Gasteiger partial charge is 0.399 e. The van der Waals surface area contributed by atoms with Crippen molar-refractivity contribution >= 4 is 11.4 Å². The highest BCUT2D eigenvalue weighted by molar-refractivity contribution is 5.44. The zero-order valence-electron chi connectivity index (χ0n) is 32.4. The van der Waals surface area contributed by atoms with E-state index in [0.29, 0.717) is 11.8 Å². The van der Waals surface area contributed by atoms with Crippen molar-refractivity contribution in [1.29, 1.82) is 0 Å². The van der Waals surface area contributed by atoms with Crippen molar-refractivity contribution in [2.75, 3.05) is 11.5 Å². The summed E-state index contributed by atoms with van der Waals surface area (Å²) in [6, 6.07) is 36.3. The van der Waals surface area contributed by atoms with Crippen LogP contribution in [0.15, 0.2) is 97.1 Å². The van der Waals surface area contributed by atoms with Gasteiger partial charge in [0.05, 0.1) is 0 Å². The third kappa shape index (κ3) is 14.9. The Morgan fingerprint density at radius 3 is 0.941 bits per heavy atom. The van der Waals surface area contributed by atoms with Crippen molar-refractivity contribution in [3.05, 3.63) is 130 Å². The van der Waals surface area contributed by atoms with Crippen LogP contribution in [0.5, 0.6) is 0 Å². The van der Waals surface area contributed by atoms with E-state index in [-0.39, 0.29) is 0 Å². The summed E-state index contributed by atoms with van der Waals surface area (Å²) in [5, 5.41) is 0. The maximum atomic E-state index is 6.04. The summed E-state index contributed by atoms with van der Waals surface area (Å²) in [5.41, 5.74) is 22.4. The monoisotopic (exact) mass is 687 g/mol. The summed E-state index contributed by atoms with van der Waals surface area (Å²) in [5.74, 6) is 0.896. The van der Waals surface area contributed by atoms with Crippen LogP contribution >= 0.6 is 0 Å². The molecule has 51 heavy (non-hydrogen) atoms. The van der Waals surface area contributed by atoms with E-state index >= 15 is 0 Å². The standard InChI is InChI=1S/C49H70N2/c1-3-5-7-9-11-13-18-22-48(44-32-36-46(50)37-33-44)42-28-24-40(25-29-42)20-16-15-17-21-41-26-30-43(31-27-41)49(45-34-38-47(51)39-35-45)23-19-14-12-10-8-6-4-2/h24-39,48-49H,3-23,50-51H2,1-2H3. The molecule has 0 radical (unpaired) electrons. The number of hydrogen-bond acceptors (Lipinski definition) is 2. The van der Waals surface area contributed by atoms with Crippen LogP contribution in [-0.4, -0.2) is 0 Å². The molecule has 2 nitrogen and oxygen atoms in total. The molecule has 0 fully saturated rings. The number of aryl methyl sites for hydroxylation is 2. The van der Waals surface area contributed by atoms with Crippen LogP contribution in [0, 0.1) is 0 Å². The quantitative estimate of drug-likeness (QED) is 0.0510. The summed E-state index contributed by atoms with van der Waals surface area (Å²) in [4.78, 5) is 0. The minimum absolute atomic E-state index is 0.448. The van der Waals surface area contributed by atoms with Crippen LogP contribution < -0.4 is 11.5 Å². The highest BCUT2D eigenvalue weighted by atomic mass is 14.5. The molecule has 4 rings (SSSR count). The summed E-state index contributed by atoms with van der Waals surface area (Å²) in [7, 11) is 0. The molecular formula is C49H70N2. The molecule has 4 aromatic carbocycles. The van der Waals surface area contributed by atoms with Gasteiger partial charge in [-0.05, 0) is 96.2 Å². The van der Waals surface area contributed by atoms with Crippen LogP contribution in [0.2, 0.25) is 0 Å². The molecule has 2 heteroatoms. The molecule has 0 bridgehead atoms. The normalized spacial score (nSPS) is 12.6. The molecule has 0 heterocycles. The fourth-order valence-electron chi connectivity index (χ4n) is 7.79. The number of anilines is 2. The van der Waals surface area contributed by atoms with Crippen molar-refractivity contribution in [3.63, 3.8) is 0 Å². The van der Waals surface area contributed by atoms with Gasteiger partial charge in [0.2, 0.25) is 0 Å². The molecule has 276 valence electrons. The van der Waals surface area contributed by atoms with Crippen LogP contribution in [0.3, 0.4) is 0 Å². The van der Waals surface area contributed by atoms with E-state index < -0.39 is 0 Å². The van der Waals surface area contributed by atoms with Gasteiger partial charge in [-0.25, -0.2) is 0 Å². The van der Waals surface area contributed by atoms with E-state index in [9.17, 15) is 0 Å². The third-order valence-corrected chi connectivity index (χ3v) is 11.1. The molecule has 4 N–H and O–H groups in total. The van der Waals surface area contributed by atoms with Gasteiger partial charge in [-0.3, -0.25) is 0 Å². The number of nitrogen functional groups attached to an aromatic ring is 2. The average Bonchev–Trinajstić information content (AvgIpc) is 3.15. The van der Waals surface area contributed by atoms with E-state index in [4.69, 9.17) is 11.5 Å². The Morgan fingerprint density at radius 1 is 0.333 bits per heavy atom. The fourth-order valence-corrected chi connectivity index (χ4v) is 7.79. The van der Waals surface area contributed by atoms with Crippen molar-refractivity contribution in [1.82, 2.24) is 0 Å².